The summed E-state index contributed by atoms with van der Waals surface area (Å²) in [5.74, 6) is 0. The second kappa shape index (κ2) is 11.9. The molecule has 0 unspecified atom stereocenters. The summed E-state index contributed by atoms with van der Waals surface area (Å²) in [5, 5.41) is 5.10. The fourth-order valence-corrected chi connectivity index (χ4v) is 8.91. The van der Waals surface area contributed by atoms with Gasteiger partial charge in [0.15, 0.2) is 0 Å². The van der Waals surface area contributed by atoms with Crippen molar-refractivity contribution in [3.8, 4) is 22.3 Å². The molecule has 2 aliphatic heterocycles. The summed E-state index contributed by atoms with van der Waals surface area (Å²) in [7, 11) is 0. The van der Waals surface area contributed by atoms with Crippen molar-refractivity contribution < 1.29 is 0 Å². The molecular formula is C50H33BN2. The molecule has 0 N–H and O–H groups in total. The summed E-state index contributed by atoms with van der Waals surface area (Å²) in [6, 6.07) is 73.5. The molecule has 53 heavy (non-hydrogen) atoms. The highest BCUT2D eigenvalue weighted by Crippen LogP contribution is 2.47. The molecule has 2 aliphatic rings. The highest BCUT2D eigenvalue weighted by molar-refractivity contribution is 7.02. The Balaban J connectivity index is 1.27. The molecule has 0 saturated heterocycles. The lowest BCUT2D eigenvalue weighted by molar-refractivity contribution is 1.26. The van der Waals surface area contributed by atoms with Gasteiger partial charge in [-0.25, -0.2) is 0 Å². The predicted molar refractivity (Wildman–Crippen MR) is 226 cm³/mol. The van der Waals surface area contributed by atoms with Crippen LogP contribution in [0.5, 0.6) is 0 Å². The summed E-state index contributed by atoms with van der Waals surface area (Å²) in [6.45, 7) is 0.0108. The largest absolute Gasteiger partial charge is 0.311 e. The molecule has 0 fully saturated rings. The fraction of sp³-hybridized carbons (Fsp3) is 0. The van der Waals surface area contributed by atoms with Crippen LogP contribution in [-0.4, -0.2) is 6.71 Å². The molecule has 0 bridgehead atoms. The number of hydrogen-bond acceptors (Lipinski definition) is 2. The van der Waals surface area contributed by atoms with E-state index in [0.29, 0.717) is 0 Å². The van der Waals surface area contributed by atoms with Crippen molar-refractivity contribution >= 4 is 78.8 Å². The van der Waals surface area contributed by atoms with Crippen LogP contribution in [0.3, 0.4) is 0 Å². The van der Waals surface area contributed by atoms with E-state index in [1.807, 2.05) is 0 Å². The first kappa shape index (κ1) is 29.9. The average molecular weight is 673 g/mol. The van der Waals surface area contributed by atoms with Gasteiger partial charge in [-0.05, 0) is 109 Å². The molecule has 2 heterocycles. The molecule has 0 saturated carbocycles. The van der Waals surface area contributed by atoms with Gasteiger partial charge < -0.3 is 9.80 Å². The van der Waals surface area contributed by atoms with Crippen LogP contribution in [0.4, 0.5) is 34.1 Å². The molecule has 0 spiro atoms. The van der Waals surface area contributed by atoms with Crippen LogP contribution in [0, 0.1) is 0 Å². The standard InChI is InChI=1S/C50H33BN2/c1-4-14-34(15-5-1)35-24-26-36(27-25-35)39-32-46-50-47(33-39)53(41-20-8-3-9-21-41)45-31-29-38-17-11-13-23-43(38)49(45)51(50)48-42-22-12-10-16-37(42)28-30-44(48)52(46)40-18-6-2-7-19-40/h1-33H. The van der Waals surface area contributed by atoms with Crippen LogP contribution >= 0.6 is 0 Å². The van der Waals surface area contributed by atoms with Gasteiger partial charge in [-0.15, -0.1) is 0 Å². The van der Waals surface area contributed by atoms with Gasteiger partial charge in [0.2, 0.25) is 0 Å². The lowest BCUT2D eigenvalue weighted by Crippen LogP contribution is -2.61. The number of rotatable bonds is 4. The third-order valence-electron chi connectivity index (χ3n) is 11.2. The molecular weight excluding hydrogens is 639 g/mol. The minimum absolute atomic E-state index is 0.0108. The van der Waals surface area contributed by atoms with E-state index in [9.17, 15) is 0 Å². The van der Waals surface area contributed by atoms with E-state index in [0.717, 1.165) is 11.4 Å². The summed E-state index contributed by atoms with van der Waals surface area (Å²) >= 11 is 0. The van der Waals surface area contributed by atoms with Gasteiger partial charge in [0.05, 0.1) is 0 Å². The maximum absolute atomic E-state index is 2.51. The van der Waals surface area contributed by atoms with Gasteiger partial charge >= 0.3 is 0 Å². The van der Waals surface area contributed by atoms with Crippen LogP contribution in [0.25, 0.3) is 43.8 Å². The van der Waals surface area contributed by atoms with Crippen molar-refractivity contribution in [1.29, 1.82) is 0 Å². The highest BCUT2D eigenvalue weighted by atomic mass is 15.2. The first-order chi connectivity index (χ1) is 26.3. The normalized spacial score (nSPS) is 12.8. The van der Waals surface area contributed by atoms with E-state index in [-0.39, 0.29) is 6.71 Å². The number of benzene rings is 9. The van der Waals surface area contributed by atoms with Crippen LogP contribution in [0.2, 0.25) is 0 Å². The van der Waals surface area contributed by atoms with Crippen LogP contribution in [-0.2, 0) is 0 Å². The van der Waals surface area contributed by atoms with Crippen LogP contribution < -0.4 is 26.2 Å². The fourth-order valence-electron chi connectivity index (χ4n) is 8.91. The van der Waals surface area contributed by atoms with E-state index in [1.165, 1.54) is 82.9 Å². The molecule has 3 heteroatoms. The average Bonchev–Trinajstić information content (AvgIpc) is 3.24. The monoisotopic (exact) mass is 672 g/mol. The Labute approximate surface area is 309 Å². The summed E-state index contributed by atoms with van der Waals surface area (Å²) in [6.07, 6.45) is 0. The third-order valence-corrected chi connectivity index (χ3v) is 11.2. The number of fused-ring (bicyclic) bond motifs is 8. The van der Waals surface area contributed by atoms with Gasteiger partial charge in [-0.2, -0.15) is 0 Å². The number of nitrogens with zero attached hydrogens (tertiary/aromatic N) is 2. The zero-order valence-electron chi connectivity index (χ0n) is 29.0. The molecule has 0 amide bonds. The third kappa shape index (κ3) is 4.61. The predicted octanol–water partition coefficient (Wildman–Crippen LogP) is 11.4. The maximum atomic E-state index is 2.51. The smallest absolute Gasteiger partial charge is 0.253 e. The van der Waals surface area contributed by atoms with E-state index >= 15 is 0 Å². The number of anilines is 6. The molecule has 246 valence electrons. The van der Waals surface area contributed by atoms with Crippen molar-refractivity contribution in [2.24, 2.45) is 0 Å². The lowest BCUT2D eigenvalue weighted by Gasteiger charge is -2.45. The Morgan fingerprint density at radius 3 is 1.17 bits per heavy atom. The second-order valence-corrected chi connectivity index (χ2v) is 14.1. The Morgan fingerprint density at radius 2 is 0.679 bits per heavy atom. The molecule has 9 aromatic carbocycles. The number of hydrogen-bond donors (Lipinski definition) is 0. The lowest BCUT2D eigenvalue weighted by atomic mass is 9.32. The zero-order chi connectivity index (χ0) is 34.9. The topological polar surface area (TPSA) is 6.48 Å². The van der Waals surface area contributed by atoms with Crippen molar-refractivity contribution in [2.45, 2.75) is 0 Å². The van der Waals surface area contributed by atoms with E-state index in [2.05, 4.69) is 210 Å². The molecule has 0 aliphatic carbocycles. The van der Waals surface area contributed by atoms with Gasteiger partial charge in [-0.1, -0.05) is 152 Å². The molecule has 0 atom stereocenters. The highest BCUT2D eigenvalue weighted by Gasteiger charge is 2.45. The Kier molecular flexibility index (Phi) is 6.68. The Bertz CT molecular complexity index is 2680. The van der Waals surface area contributed by atoms with Gasteiger partial charge in [0.25, 0.3) is 6.71 Å². The quantitative estimate of drug-likeness (QED) is 0.172. The van der Waals surface area contributed by atoms with Crippen molar-refractivity contribution in [1.82, 2.24) is 0 Å². The minimum Gasteiger partial charge on any atom is -0.311 e. The van der Waals surface area contributed by atoms with Gasteiger partial charge in [-0.3, -0.25) is 0 Å². The van der Waals surface area contributed by atoms with E-state index in [1.54, 1.807) is 0 Å². The Hall–Kier alpha value is -6.84. The molecule has 11 rings (SSSR count). The van der Waals surface area contributed by atoms with Gasteiger partial charge in [0, 0.05) is 34.1 Å². The van der Waals surface area contributed by atoms with Crippen molar-refractivity contribution in [3.05, 3.63) is 200 Å². The summed E-state index contributed by atoms with van der Waals surface area (Å²) in [4.78, 5) is 5.02. The summed E-state index contributed by atoms with van der Waals surface area (Å²) < 4.78 is 0. The summed E-state index contributed by atoms with van der Waals surface area (Å²) in [5.41, 5.74) is 16.0. The first-order valence-corrected chi connectivity index (χ1v) is 18.4. The van der Waals surface area contributed by atoms with Gasteiger partial charge in [0.1, 0.15) is 0 Å². The van der Waals surface area contributed by atoms with Crippen LogP contribution in [0.15, 0.2) is 200 Å². The minimum atomic E-state index is 0.0108. The van der Waals surface area contributed by atoms with Crippen molar-refractivity contribution in [2.75, 3.05) is 9.80 Å². The zero-order valence-corrected chi connectivity index (χ0v) is 29.0. The molecule has 0 aromatic heterocycles. The molecule has 0 radical (unpaired) electrons. The van der Waals surface area contributed by atoms with Crippen LogP contribution in [0.1, 0.15) is 0 Å². The van der Waals surface area contributed by atoms with E-state index < -0.39 is 0 Å². The number of para-hydroxylation sites is 2. The van der Waals surface area contributed by atoms with Crippen molar-refractivity contribution in [3.63, 3.8) is 0 Å². The molecule has 9 aromatic rings. The second-order valence-electron chi connectivity index (χ2n) is 14.1. The first-order valence-electron chi connectivity index (χ1n) is 18.4. The molecule has 2 nitrogen and oxygen atoms in total. The maximum Gasteiger partial charge on any atom is 0.253 e. The Morgan fingerprint density at radius 1 is 0.283 bits per heavy atom. The SMILES string of the molecule is c1ccc(-c2ccc(-c3cc4c5c(c3)N(c3ccccc3)c3ccc6ccccc6c3B5c3c(ccc5ccccc35)N4c3ccccc3)cc2)cc1. The van der Waals surface area contributed by atoms with E-state index in [4.69, 9.17) is 0 Å².